The van der Waals surface area contributed by atoms with Gasteiger partial charge in [0.2, 0.25) is 0 Å². The highest BCUT2D eigenvalue weighted by atomic mass is 16.5. The second kappa shape index (κ2) is 6.18. The molecule has 6 nitrogen and oxygen atoms in total. The van der Waals surface area contributed by atoms with E-state index in [0.29, 0.717) is 18.1 Å². The highest BCUT2D eigenvalue weighted by Gasteiger charge is 2.10. The van der Waals surface area contributed by atoms with Crippen LogP contribution in [0.2, 0.25) is 0 Å². The van der Waals surface area contributed by atoms with Crippen LogP contribution >= 0.6 is 0 Å². The van der Waals surface area contributed by atoms with Crippen LogP contribution in [-0.2, 0) is 13.2 Å². The molecule has 0 unspecified atom stereocenters. The van der Waals surface area contributed by atoms with E-state index in [-0.39, 0.29) is 0 Å². The summed E-state index contributed by atoms with van der Waals surface area (Å²) in [5.41, 5.74) is 2.36. The molecule has 1 aromatic heterocycles. The smallest absolute Gasteiger partial charge is 0.164 e. The molecule has 0 aliphatic carbocycles. The molecule has 0 atom stereocenters. The maximum Gasteiger partial charge on any atom is 0.164 e. The molecule has 1 heterocycles. The van der Waals surface area contributed by atoms with Gasteiger partial charge >= 0.3 is 0 Å². The summed E-state index contributed by atoms with van der Waals surface area (Å²) in [5.74, 6) is 1.43. The molecule has 0 saturated heterocycles. The summed E-state index contributed by atoms with van der Waals surface area (Å²) in [5, 5.41) is 16.3. The molecule has 0 aliphatic heterocycles. The summed E-state index contributed by atoms with van der Waals surface area (Å²) in [6.45, 7) is 6.78. The lowest BCUT2D eigenvalue weighted by Crippen LogP contribution is -2.09. The molecule has 2 aromatic rings. The number of hydrogen-bond donors (Lipinski definition) is 1. The van der Waals surface area contributed by atoms with Crippen molar-refractivity contribution < 1.29 is 9.94 Å². The van der Waals surface area contributed by atoms with E-state index in [1.165, 1.54) is 6.33 Å². The van der Waals surface area contributed by atoms with Gasteiger partial charge in [0.15, 0.2) is 5.82 Å². The first-order valence-corrected chi connectivity index (χ1v) is 6.44. The summed E-state index contributed by atoms with van der Waals surface area (Å²) in [7, 11) is 0. The molecule has 6 heteroatoms. The Hall–Kier alpha value is -2.37. The Morgan fingerprint density at radius 2 is 2.25 bits per heavy atom. The Kier molecular flexibility index (Phi) is 4.34. The topological polar surface area (TPSA) is 72.5 Å². The van der Waals surface area contributed by atoms with E-state index in [2.05, 4.69) is 15.2 Å². The Morgan fingerprint density at radius 3 is 2.95 bits per heavy atom. The molecule has 0 spiro atoms. The monoisotopic (exact) mass is 274 g/mol. The van der Waals surface area contributed by atoms with Gasteiger partial charge in [-0.05, 0) is 32.9 Å². The van der Waals surface area contributed by atoms with Gasteiger partial charge in [-0.1, -0.05) is 16.8 Å². The molecule has 0 radical (unpaired) electrons. The van der Waals surface area contributed by atoms with Crippen LogP contribution in [0.25, 0.3) is 0 Å². The molecule has 1 N–H and O–H groups in total. The van der Waals surface area contributed by atoms with Crippen molar-refractivity contribution in [2.75, 3.05) is 0 Å². The number of ether oxygens (including phenoxy) is 1. The molecule has 0 amide bonds. The van der Waals surface area contributed by atoms with E-state index in [1.54, 1.807) is 11.6 Å². The number of hydrogen-bond acceptors (Lipinski definition) is 5. The molecule has 0 saturated carbocycles. The van der Waals surface area contributed by atoms with E-state index in [9.17, 15) is 0 Å². The van der Waals surface area contributed by atoms with Crippen molar-refractivity contribution in [3.63, 3.8) is 0 Å². The Bertz CT molecular complexity index is 619. The highest BCUT2D eigenvalue weighted by molar-refractivity contribution is 6.00. The van der Waals surface area contributed by atoms with Gasteiger partial charge in [0.1, 0.15) is 18.7 Å². The molecule has 0 bridgehead atoms. The van der Waals surface area contributed by atoms with Crippen LogP contribution in [0.15, 0.2) is 29.7 Å². The third-order valence-electron chi connectivity index (χ3n) is 3.03. The van der Waals surface area contributed by atoms with Crippen LogP contribution in [0.5, 0.6) is 5.75 Å². The van der Waals surface area contributed by atoms with E-state index in [1.807, 2.05) is 32.0 Å². The number of aryl methyl sites for hydroxylation is 2. The fraction of sp³-hybridized carbons (Fsp3) is 0.357. The lowest BCUT2D eigenvalue weighted by Gasteiger charge is -2.11. The number of oxime groups is 1. The summed E-state index contributed by atoms with van der Waals surface area (Å²) >= 11 is 0. The molecular weight excluding hydrogens is 256 g/mol. The average molecular weight is 274 g/mol. The summed E-state index contributed by atoms with van der Waals surface area (Å²) in [4.78, 5) is 4.16. The maximum absolute atomic E-state index is 8.94. The third-order valence-corrected chi connectivity index (χ3v) is 3.03. The van der Waals surface area contributed by atoms with Crippen molar-refractivity contribution in [3.8, 4) is 5.75 Å². The third kappa shape index (κ3) is 2.96. The predicted octanol–water partition coefficient (Wildman–Crippen LogP) is 2.38. The molecule has 0 fully saturated rings. The Morgan fingerprint density at radius 1 is 1.45 bits per heavy atom. The van der Waals surface area contributed by atoms with Gasteiger partial charge in [-0.25, -0.2) is 9.67 Å². The summed E-state index contributed by atoms with van der Waals surface area (Å²) < 4.78 is 7.57. The van der Waals surface area contributed by atoms with Crippen molar-refractivity contribution >= 4 is 5.71 Å². The fourth-order valence-corrected chi connectivity index (χ4v) is 1.91. The van der Waals surface area contributed by atoms with Crippen molar-refractivity contribution in [3.05, 3.63) is 41.5 Å². The van der Waals surface area contributed by atoms with Crippen molar-refractivity contribution in [1.82, 2.24) is 14.8 Å². The molecule has 106 valence electrons. The average Bonchev–Trinajstić information content (AvgIpc) is 2.92. The number of rotatable bonds is 5. The van der Waals surface area contributed by atoms with Crippen LogP contribution < -0.4 is 4.74 Å². The SMILES string of the molecule is CCn1ncnc1COc1ccc(C)cc1C(C)=NO. The molecular formula is C14H18N4O2. The van der Waals surface area contributed by atoms with Crippen molar-refractivity contribution in [1.29, 1.82) is 0 Å². The minimum absolute atomic E-state index is 0.322. The number of nitrogens with zero attached hydrogens (tertiary/aromatic N) is 4. The normalized spacial score (nSPS) is 11.7. The van der Waals surface area contributed by atoms with Gasteiger partial charge in [-0.3, -0.25) is 0 Å². The maximum atomic E-state index is 8.94. The number of aromatic nitrogens is 3. The van der Waals surface area contributed by atoms with Gasteiger partial charge in [0.25, 0.3) is 0 Å². The van der Waals surface area contributed by atoms with Crippen molar-refractivity contribution in [2.45, 2.75) is 33.9 Å². The first-order chi connectivity index (χ1) is 9.65. The van der Waals surface area contributed by atoms with Crippen LogP contribution in [0.1, 0.15) is 30.8 Å². The van der Waals surface area contributed by atoms with E-state index >= 15 is 0 Å². The van der Waals surface area contributed by atoms with Crippen LogP contribution in [0.3, 0.4) is 0 Å². The van der Waals surface area contributed by atoms with Crippen LogP contribution in [0, 0.1) is 6.92 Å². The first-order valence-electron chi connectivity index (χ1n) is 6.44. The number of benzene rings is 1. The zero-order valence-electron chi connectivity index (χ0n) is 11.9. The zero-order chi connectivity index (χ0) is 14.5. The Labute approximate surface area is 117 Å². The van der Waals surface area contributed by atoms with E-state index in [0.717, 1.165) is 23.5 Å². The molecule has 0 aliphatic rings. The fourth-order valence-electron chi connectivity index (χ4n) is 1.91. The summed E-state index contributed by atoms with van der Waals surface area (Å²) in [6.07, 6.45) is 1.51. The predicted molar refractivity (Wildman–Crippen MR) is 75.2 cm³/mol. The minimum Gasteiger partial charge on any atom is -0.485 e. The first kappa shape index (κ1) is 14.0. The zero-order valence-corrected chi connectivity index (χ0v) is 11.9. The van der Waals surface area contributed by atoms with Gasteiger partial charge in [0.05, 0.1) is 5.71 Å². The molecule has 1 aromatic carbocycles. The van der Waals surface area contributed by atoms with Gasteiger partial charge < -0.3 is 9.94 Å². The highest BCUT2D eigenvalue weighted by Crippen LogP contribution is 2.22. The quantitative estimate of drug-likeness (QED) is 0.516. The van der Waals surface area contributed by atoms with Gasteiger partial charge in [-0.2, -0.15) is 5.10 Å². The molecule has 20 heavy (non-hydrogen) atoms. The second-order valence-corrected chi connectivity index (χ2v) is 4.47. The van der Waals surface area contributed by atoms with Crippen molar-refractivity contribution in [2.24, 2.45) is 5.16 Å². The Balaban J connectivity index is 2.21. The lowest BCUT2D eigenvalue weighted by molar-refractivity contribution is 0.286. The van der Waals surface area contributed by atoms with Gasteiger partial charge in [0, 0.05) is 12.1 Å². The lowest BCUT2D eigenvalue weighted by atomic mass is 10.1. The van der Waals surface area contributed by atoms with E-state index < -0.39 is 0 Å². The van der Waals surface area contributed by atoms with Gasteiger partial charge in [-0.15, -0.1) is 0 Å². The second-order valence-electron chi connectivity index (χ2n) is 4.47. The van der Waals surface area contributed by atoms with E-state index in [4.69, 9.17) is 9.94 Å². The van der Waals surface area contributed by atoms with Crippen LogP contribution in [0.4, 0.5) is 0 Å². The standard InChI is InChI=1S/C14H18N4O2/c1-4-18-14(15-9-16-18)8-20-13-6-5-10(2)7-12(13)11(3)17-19/h5-7,9,19H,4,8H2,1-3H3. The minimum atomic E-state index is 0.322. The molecule has 2 rings (SSSR count). The summed E-state index contributed by atoms with van der Waals surface area (Å²) in [6, 6.07) is 5.75. The largest absolute Gasteiger partial charge is 0.485 e. The van der Waals surface area contributed by atoms with Crippen LogP contribution in [-0.4, -0.2) is 25.7 Å².